The fourth-order valence-electron chi connectivity index (χ4n) is 2.25. The first-order valence-electron chi connectivity index (χ1n) is 6.87. The van der Waals surface area contributed by atoms with Gasteiger partial charge in [-0.2, -0.15) is 4.98 Å². The highest BCUT2D eigenvalue weighted by atomic mass is 16.5. The first kappa shape index (κ1) is 13.6. The zero-order valence-electron chi connectivity index (χ0n) is 12.0. The van der Waals surface area contributed by atoms with Crippen LogP contribution < -0.4 is 10.5 Å². The van der Waals surface area contributed by atoms with Gasteiger partial charge in [-0.15, -0.1) is 0 Å². The standard InChI is InChI=1S/C16H17N3O2/c1-3-14-18-16(19-21-14)15(17)12-5-4-11-9-13(20-2)7-6-10(11)8-12/h4-9,15H,3,17H2,1-2H3. The lowest BCUT2D eigenvalue weighted by molar-refractivity contribution is 0.375. The van der Waals surface area contributed by atoms with Crippen LogP contribution in [-0.4, -0.2) is 17.3 Å². The summed E-state index contributed by atoms with van der Waals surface area (Å²) in [6.45, 7) is 1.96. The molecule has 0 fully saturated rings. The SMILES string of the molecule is CCc1nc(C(N)c2ccc3cc(OC)ccc3c2)no1. The van der Waals surface area contributed by atoms with E-state index in [2.05, 4.69) is 10.1 Å². The van der Waals surface area contributed by atoms with E-state index in [-0.39, 0.29) is 6.04 Å². The van der Waals surface area contributed by atoms with Gasteiger partial charge in [-0.3, -0.25) is 0 Å². The van der Waals surface area contributed by atoms with Crippen LogP contribution in [0.15, 0.2) is 40.9 Å². The van der Waals surface area contributed by atoms with Crippen LogP contribution in [0.2, 0.25) is 0 Å². The van der Waals surface area contributed by atoms with E-state index in [9.17, 15) is 0 Å². The Morgan fingerprint density at radius 1 is 1.19 bits per heavy atom. The number of aromatic nitrogens is 2. The molecular formula is C16H17N3O2. The van der Waals surface area contributed by atoms with Gasteiger partial charge in [0.2, 0.25) is 5.89 Å². The summed E-state index contributed by atoms with van der Waals surface area (Å²) in [6.07, 6.45) is 0.706. The third-order valence-corrected chi connectivity index (χ3v) is 3.50. The van der Waals surface area contributed by atoms with Crippen molar-refractivity contribution in [1.82, 2.24) is 10.1 Å². The fraction of sp³-hybridized carbons (Fsp3) is 0.250. The molecule has 1 heterocycles. The van der Waals surface area contributed by atoms with E-state index in [1.54, 1.807) is 7.11 Å². The lowest BCUT2D eigenvalue weighted by atomic mass is 10.0. The lowest BCUT2D eigenvalue weighted by Crippen LogP contribution is -2.13. The summed E-state index contributed by atoms with van der Waals surface area (Å²) in [5.41, 5.74) is 7.18. The number of hydrogen-bond donors (Lipinski definition) is 1. The minimum Gasteiger partial charge on any atom is -0.497 e. The summed E-state index contributed by atoms with van der Waals surface area (Å²) in [4.78, 5) is 4.29. The van der Waals surface area contributed by atoms with E-state index in [0.717, 1.165) is 22.1 Å². The van der Waals surface area contributed by atoms with Crippen LogP contribution >= 0.6 is 0 Å². The number of benzene rings is 2. The molecule has 1 atom stereocenters. The number of fused-ring (bicyclic) bond motifs is 1. The van der Waals surface area contributed by atoms with Crippen molar-refractivity contribution in [3.05, 3.63) is 53.7 Å². The molecule has 108 valence electrons. The van der Waals surface area contributed by atoms with Gasteiger partial charge in [-0.1, -0.05) is 30.3 Å². The first-order valence-corrected chi connectivity index (χ1v) is 6.87. The van der Waals surface area contributed by atoms with Crippen molar-refractivity contribution in [3.8, 4) is 5.75 Å². The molecule has 3 rings (SSSR count). The number of rotatable bonds is 4. The molecule has 0 amide bonds. The van der Waals surface area contributed by atoms with Crippen molar-refractivity contribution in [3.63, 3.8) is 0 Å². The molecule has 1 aromatic heterocycles. The van der Waals surface area contributed by atoms with E-state index in [1.807, 2.05) is 43.3 Å². The monoisotopic (exact) mass is 283 g/mol. The zero-order chi connectivity index (χ0) is 14.8. The summed E-state index contributed by atoms with van der Waals surface area (Å²) in [7, 11) is 1.66. The number of hydrogen-bond acceptors (Lipinski definition) is 5. The maximum absolute atomic E-state index is 6.22. The Kier molecular flexibility index (Phi) is 3.58. The third kappa shape index (κ3) is 2.60. The Labute approximate surface area is 122 Å². The van der Waals surface area contributed by atoms with E-state index < -0.39 is 0 Å². The molecular weight excluding hydrogens is 266 g/mol. The second-order valence-electron chi connectivity index (χ2n) is 4.85. The van der Waals surface area contributed by atoms with E-state index in [4.69, 9.17) is 15.0 Å². The zero-order valence-corrected chi connectivity index (χ0v) is 12.0. The van der Waals surface area contributed by atoms with Crippen LogP contribution in [-0.2, 0) is 6.42 Å². The quantitative estimate of drug-likeness (QED) is 0.797. The highest BCUT2D eigenvalue weighted by Crippen LogP contribution is 2.25. The maximum atomic E-state index is 6.22. The summed E-state index contributed by atoms with van der Waals surface area (Å²) in [5, 5.41) is 6.14. The van der Waals surface area contributed by atoms with Gasteiger partial charge < -0.3 is 15.0 Å². The summed E-state index contributed by atoms with van der Waals surface area (Å²) in [6, 6.07) is 11.6. The molecule has 3 aromatic rings. The van der Waals surface area contributed by atoms with E-state index in [0.29, 0.717) is 18.1 Å². The molecule has 0 spiro atoms. The highest BCUT2D eigenvalue weighted by molar-refractivity contribution is 5.84. The Morgan fingerprint density at radius 3 is 2.67 bits per heavy atom. The van der Waals surface area contributed by atoms with Gasteiger partial charge >= 0.3 is 0 Å². The second kappa shape index (κ2) is 5.54. The number of aryl methyl sites for hydroxylation is 1. The summed E-state index contributed by atoms with van der Waals surface area (Å²) >= 11 is 0. The van der Waals surface area contributed by atoms with Crippen molar-refractivity contribution in [2.75, 3.05) is 7.11 Å². The molecule has 21 heavy (non-hydrogen) atoms. The molecule has 0 bridgehead atoms. The van der Waals surface area contributed by atoms with Gasteiger partial charge in [-0.05, 0) is 34.5 Å². The van der Waals surface area contributed by atoms with Crippen LogP contribution in [0.1, 0.15) is 30.2 Å². The van der Waals surface area contributed by atoms with Crippen LogP contribution in [0, 0.1) is 0 Å². The van der Waals surface area contributed by atoms with Gasteiger partial charge in [0.25, 0.3) is 0 Å². The number of ether oxygens (including phenoxy) is 1. The highest BCUT2D eigenvalue weighted by Gasteiger charge is 2.16. The second-order valence-corrected chi connectivity index (χ2v) is 4.85. The largest absolute Gasteiger partial charge is 0.497 e. The molecule has 1 unspecified atom stereocenters. The fourth-order valence-corrected chi connectivity index (χ4v) is 2.25. The van der Waals surface area contributed by atoms with Crippen molar-refractivity contribution < 1.29 is 9.26 Å². The minimum atomic E-state index is -0.388. The molecule has 0 saturated heterocycles. The molecule has 0 aliphatic rings. The average Bonchev–Trinajstić information content (AvgIpc) is 3.02. The molecule has 5 nitrogen and oxygen atoms in total. The normalized spacial score (nSPS) is 12.5. The summed E-state index contributed by atoms with van der Waals surface area (Å²) < 4.78 is 10.3. The van der Waals surface area contributed by atoms with Gasteiger partial charge in [0.15, 0.2) is 5.82 Å². The van der Waals surface area contributed by atoms with Crippen LogP contribution in [0.5, 0.6) is 5.75 Å². The maximum Gasteiger partial charge on any atom is 0.226 e. The van der Waals surface area contributed by atoms with Gasteiger partial charge in [0, 0.05) is 6.42 Å². The molecule has 5 heteroatoms. The molecule has 2 N–H and O–H groups in total. The van der Waals surface area contributed by atoms with Gasteiger partial charge in [-0.25, -0.2) is 0 Å². The van der Waals surface area contributed by atoms with Crippen LogP contribution in [0.4, 0.5) is 0 Å². The Hall–Kier alpha value is -2.40. The summed E-state index contributed by atoms with van der Waals surface area (Å²) in [5.74, 6) is 1.95. The number of nitrogens with two attached hydrogens (primary N) is 1. The van der Waals surface area contributed by atoms with Crippen molar-refractivity contribution in [2.24, 2.45) is 5.73 Å². The number of nitrogens with zero attached hydrogens (tertiary/aromatic N) is 2. The topological polar surface area (TPSA) is 74.2 Å². The lowest BCUT2D eigenvalue weighted by Gasteiger charge is -2.09. The first-order chi connectivity index (χ1) is 10.2. The third-order valence-electron chi connectivity index (χ3n) is 3.50. The van der Waals surface area contributed by atoms with E-state index in [1.165, 1.54) is 0 Å². The predicted molar refractivity (Wildman–Crippen MR) is 80.2 cm³/mol. The van der Waals surface area contributed by atoms with Gasteiger partial charge in [0.05, 0.1) is 13.2 Å². The Morgan fingerprint density at radius 2 is 1.95 bits per heavy atom. The molecule has 2 aromatic carbocycles. The molecule has 0 saturated carbocycles. The average molecular weight is 283 g/mol. The van der Waals surface area contributed by atoms with Crippen LogP contribution in [0.25, 0.3) is 10.8 Å². The van der Waals surface area contributed by atoms with Crippen molar-refractivity contribution >= 4 is 10.8 Å². The minimum absolute atomic E-state index is 0.388. The Bertz CT molecular complexity index is 767. The Balaban J connectivity index is 1.96. The van der Waals surface area contributed by atoms with Crippen molar-refractivity contribution in [1.29, 1.82) is 0 Å². The number of methoxy groups -OCH3 is 1. The molecule has 0 aliphatic carbocycles. The van der Waals surface area contributed by atoms with Crippen LogP contribution in [0.3, 0.4) is 0 Å². The van der Waals surface area contributed by atoms with Crippen molar-refractivity contribution in [2.45, 2.75) is 19.4 Å². The smallest absolute Gasteiger partial charge is 0.226 e. The predicted octanol–water partition coefficient (Wildman–Crippen LogP) is 2.84. The molecule has 0 aliphatic heterocycles. The van der Waals surface area contributed by atoms with E-state index >= 15 is 0 Å². The molecule has 0 radical (unpaired) electrons. The van der Waals surface area contributed by atoms with Gasteiger partial charge in [0.1, 0.15) is 5.75 Å².